The molecule has 0 aromatic heterocycles. The van der Waals surface area contributed by atoms with E-state index < -0.39 is 28.9 Å². The molecular formula is C11H12F2O2. The Kier molecular flexibility index (Phi) is 2.19. The van der Waals surface area contributed by atoms with E-state index in [0.29, 0.717) is 18.9 Å². The van der Waals surface area contributed by atoms with Gasteiger partial charge in [0.15, 0.2) is 11.6 Å². The number of halogens is 2. The van der Waals surface area contributed by atoms with Gasteiger partial charge in [0.05, 0.1) is 6.10 Å². The summed E-state index contributed by atoms with van der Waals surface area (Å²) in [5, 5.41) is 19.0. The van der Waals surface area contributed by atoms with Crippen LogP contribution >= 0.6 is 0 Å². The topological polar surface area (TPSA) is 40.5 Å². The number of aliphatic hydroxyl groups is 1. The number of aromatic hydroxyl groups is 1. The summed E-state index contributed by atoms with van der Waals surface area (Å²) < 4.78 is 26.1. The summed E-state index contributed by atoms with van der Waals surface area (Å²) in [6, 6.07) is 1.73. The zero-order valence-electron chi connectivity index (χ0n) is 8.30. The summed E-state index contributed by atoms with van der Waals surface area (Å²) >= 11 is 0. The van der Waals surface area contributed by atoms with Gasteiger partial charge in [0, 0.05) is 17.0 Å². The van der Waals surface area contributed by atoms with Gasteiger partial charge in [0.2, 0.25) is 0 Å². The predicted octanol–water partition coefficient (Wildman–Crippen LogP) is 2.08. The van der Waals surface area contributed by atoms with E-state index >= 15 is 0 Å². The number of benzene rings is 1. The molecule has 2 rings (SSSR count). The van der Waals surface area contributed by atoms with E-state index in [-0.39, 0.29) is 5.56 Å². The normalized spacial score (nSPS) is 20.0. The van der Waals surface area contributed by atoms with Crippen molar-refractivity contribution in [2.45, 2.75) is 31.3 Å². The van der Waals surface area contributed by atoms with E-state index in [1.54, 1.807) is 6.92 Å². The van der Waals surface area contributed by atoms with Crippen molar-refractivity contribution in [2.75, 3.05) is 0 Å². The first kappa shape index (κ1) is 10.4. The van der Waals surface area contributed by atoms with Crippen LogP contribution in [0.4, 0.5) is 8.78 Å². The van der Waals surface area contributed by atoms with Crippen LogP contribution in [0, 0.1) is 11.6 Å². The molecule has 0 saturated heterocycles. The van der Waals surface area contributed by atoms with Crippen LogP contribution in [0.15, 0.2) is 12.1 Å². The van der Waals surface area contributed by atoms with Crippen LogP contribution < -0.4 is 0 Å². The summed E-state index contributed by atoms with van der Waals surface area (Å²) in [6.07, 6.45) is 0.562. The molecule has 0 bridgehead atoms. The molecule has 0 heterocycles. The third-order valence-corrected chi connectivity index (χ3v) is 3.15. The number of phenols is 1. The van der Waals surface area contributed by atoms with E-state index in [4.69, 9.17) is 0 Å². The van der Waals surface area contributed by atoms with Gasteiger partial charge in [-0.05, 0) is 25.8 Å². The van der Waals surface area contributed by atoms with Crippen LogP contribution in [0.25, 0.3) is 0 Å². The Balaban J connectivity index is 2.53. The van der Waals surface area contributed by atoms with Gasteiger partial charge in [-0.1, -0.05) is 0 Å². The maximum atomic E-state index is 13.1. The minimum absolute atomic E-state index is 0.176. The van der Waals surface area contributed by atoms with Gasteiger partial charge in [0.1, 0.15) is 5.82 Å². The molecule has 1 aliphatic carbocycles. The van der Waals surface area contributed by atoms with Crippen molar-refractivity contribution in [3.8, 4) is 5.75 Å². The highest BCUT2D eigenvalue weighted by Crippen LogP contribution is 2.54. The first-order valence-corrected chi connectivity index (χ1v) is 4.84. The third-order valence-electron chi connectivity index (χ3n) is 3.15. The molecule has 82 valence electrons. The lowest BCUT2D eigenvalue weighted by molar-refractivity contribution is 0.148. The number of hydrogen-bond donors (Lipinski definition) is 2. The maximum absolute atomic E-state index is 13.1. The Bertz CT molecular complexity index is 398. The molecule has 1 aliphatic rings. The van der Waals surface area contributed by atoms with Crippen molar-refractivity contribution >= 4 is 0 Å². The first-order valence-electron chi connectivity index (χ1n) is 4.84. The molecule has 0 aliphatic heterocycles. The van der Waals surface area contributed by atoms with Crippen LogP contribution in [-0.4, -0.2) is 16.3 Å². The smallest absolute Gasteiger partial charge is 0.168 e. The molecule has 1 atom stereocenters. The molecule has 0 spiro atoms. The summed E-state index contributed by atoms with van der Waals surface area (Å²) in [5.41, 5.74) is -0.484. The van der Waals surface area contributed by atoms with Crippen LogP contribution in [0.5, 0.6) is 5.75 Å². The lowest BCUT2D eigenvalue weighted by atomic mass is 9.90. The minimum Gasteiger partial charge on any atom is -0.505 e. The van der Waals surface area contributed by atoms with Gasteiger partial charge in [-0.2, -0.15) is 0 Å². The molecule has 15 heavy (non-hydrogen) atoms. The van der Waals surface area contributed by atoms with Gasteiger partial charge in [-0.15, -0.1) is 0 Å². The molecule has 1 aromatic carbocycles. The number of aliphatic hydroxyl groups excluding tert-OH is 1. The summed E-state index contributed by atoms with van der Waals surface area (Å²) in [6.45, 7) is 1.56. The fraction of sp³-hybridized carbons (Fsp3) is 0.455. The summed E-state index contributed by atoms with van der Waals surface area (Å²) in [4.78, 5) is 0. The van der Waals surface area contributed by atoms with Gasteiger partial charge in [-0.3, -0.25) is 0 Å². The monoisotopic (exact) mass is 214 g/mol. The number of rotatable bonds is 2. The van der Waals surface area contributed by atoms with Crippen molar-refractivity contribution in [1.29, 1.82) is 0 Å². The number of phenolic OH excluding ortho intramolecular Hbond substituents is 1. The predicted molar refractivity (Wildman–Crippen MR) is 50.6 cm³/mol. The van der Waals surface area contributed by atoms with Gasteiger partial charge < -0.3 is 10.2 Å². The SMILES string of the molecule is CC(O)C1(c2cc(F)cc(F)c2O)CC1. The average Bonchev–Trinajstić information content (AvgIpc) is 2.91. The summed E-state index contributed by atoms with van der Waals surface area (Å²) in [7, 11) is 0. The Morgan fingerprint density at radius 3 is 2.40 bits per heavy atom. The Morgan fingerprint density at radius 1 is 1.33 bits per heavy atom. The molecule has 0 amide bonds. The highest BCUT2D eigenvalue weighted by molar-refractivity contribution is 5.44. The lowest BCUT2D eigenvalue weighted by Gasteiger charge is -2.20. The largest absolute Gasteiger partial charge is 0.505 e. The van der Waals surface area contributed by atoms with Crippen molar-refractivity contribution in [2.24, 2.45) is 0 Å². The van der Waals surface area contributed by atoms with E-state index in [9.17, 15) is 19.0 Å². The first-order chi connectivity index (χ1) is 6.97. The second kappa shape index (κ2) is 3.17. The fourth-order valence-electron chi connectivity index (χ4n) is 1.99. The summed E-state index contributed by atoms with van der Waals surface area (Å²) in [5.74, 6) is -2.25. The van der Waals surface area contributed by atoms with Gasteiger partial charge in [0.25, 0.3) is 0 Å². The molecule has 2 N–H and O–H groups in total. The quantitative estimate of drug-likeness (QED) is 0.791. The van der Waals surface area contributed by atoms with Crippen LogP contribution in [0.3, 0.4) is 0 Å². The van der Waals surface area contributed by atoms with Gasteiger partial charge >= 0.3 is 0 Å². The third kappa shape index (κ3) is 1.49. The minimum atomic E-state index is -0.975. The molecule has 0 radical (unpaired) electrons. The van der Waals surface area contributed by atoms with Crippen molar-refractivity contribution in [3.05, 3.63) is 29.3 Å². The lowest BCUT2D eigenvalue weighted by Crippen LogP contribution is -2.23. The molecular weight excluding hydrogens is 202 g/mol. The Morgan fingerprint density at radius 2 is 1.93 bits per heavy atom. The van der Waals surface area contributed by atoms with E-state index in [0.717, 1.165) is 6.07 Å². The Hall–Kier alpha value is -1.16. The molecule has 1 saturated carbocycles. The van der Waals surface area contributed by atoms with Crippen molar-refractivity contribution in [3.63, 3.8) is 0 Å². The van der Waals surface area contributed by atoms with Crippen molar-refractivity contribution < 1.29 is 19.0 Å². The number of hydrogen-bond acceptors (Lipinski definition) is 2. The van der Waals surface area contributed by atoms with E-state index in [2.05, 4.69) is 0 Å². The highest BCUT2D eigenvalue weighted by Gasteiger charge is 2.50. The van der Waals surface area contributed by atoms with E-state index in [1.807, 2.05) is 0 Å². The second-order valence-corrected chi connectivity index (χ2v) is 4.12. The second-order valence-electron chi connectivity index (χ2n) is 4.12. The van der Waals surface area contributed by atoms with Crippen LogP contribution in [0.1, 0.15) is 25.3 Å². The van der Waals surface area contributed by atoms with E-state index in [1.165, 1.54) is 0 Å². The van der Waals surface area contributed by atoms with Crippen molar-refractivity contribution in [1.82, 2.24) is 0 Å². The highest BCUT2D eigenvalue weighted by atomic mass is 19.1. The molecule has 1 unspecified atom stereocenters. The zero-order valence-corrected chi connectivity index (χ0v) is 8.30. The van der Waals surface area contributed by atoms with Gasteiger partial charge in [-0.25, -0.2) is 8.78 Å². The average molecular weight is 214 g/mol. The Labute approximate surface area is 86.2 Å². The zero-order chi connectivity index (χ0) is 11.2. The molecule has 1 fully saturated rings. The molecule has 2 nitrogen and oxygen atoms in total. The fourth-order valence-corrected chi connectivity index (χ4v) is 1.99. The van der Waals surface area contributed by atoms with Crippen LogP contribution in [-0.2, 0) is 5.41 Å². The standard InChI is InChI=1S/C11H12F2O2/c1-6(14)11(2-3-11)8-4-7(12)5-9(13)10(8)15/h4-6,14-15H,2-3H2,1H3. The molecule has 4 heteroatoms. The maximum Gasteiger partial charge on any atom is 0.168 e. The molecule has 1 aromatic rings. The van der Waals surface area contributed by atoms with Crippen LogP contribution in [0.2, 0.25) is 0 Å².